The molecule has 1 aromatic rings. The molecule has 0 N–H and O–H groups in total. The molecule has 0 bridgehead atoms. The largest absolute Gasteiger partial charge is 0.445 e. The SMILES string of the molecule is C=C(C)C(=O)Oc1ccc(CC)c2c1O2. The summed E-state index contributed by atoms with van der Waals surface area (Å²) in [5.74, 6) is 1.60. The van der Waals surface area contributed by atoms with E-state index >= 15 is 0 Å². The number of benzene rings is 1. The van der Waals surface area contributed by atoms with Gasteiger partial charge < -0.3 is 9.47 Å². The molecule has 15 heavy (non-hydrogen) atoms. The van der Waals surface area contributed by atoms with Crippen LogP contribution in [0.25, 0.3) is 0 Å². The van der Waals surface area contributed by atoms with E-state index in [2.05, 4.69) is 13.5 Å². The number of fused-ring (bicyclic) bond motifs is 1. The maximum Gasteiger partial charge on any atom is 0.338 e. The molecular formula is C12H12O3. The van der Waals surface area contributed by atoms with Crippen molar-refractivity contribution in [3.8, 4) is 17.2 Å². The molecule has 0 saturated heterocycles. The fourth-order valence-electron chi connectivity index (χ4n) is 1.32. The molecule has 78 valence electrons. The lowest BCUT2D eigenvalue weighted by molar-refractivity contribution is -0.130. The highest BCUT2D eigenvalue weighted by Crippen LogP contribution is 2.55. The molecule has 0 aliphatic carbocycles. The third-order valence-electron chi connectivity index (χ3n) is 2.25. The van der Waals surface area contributed by atoms with Gasteiger partial charge in [-0.15, -0.1) is 0 Å². The highest BCUT2D eigenvalue weighted by Gasteiger charge is 2.30. The van der Waals surface area contributed by atoms with Crippen molar-refractivity contribution in [2.24, 2.45) is 0 Å². The molecular weight excluding hydrogens is 192 g/mol. The quantitative estimate of drug-likeness (QED) is 0.334. The summed E-state index contributed by atoms with van der Waals surface area (Å²) in [5.41, 5.74) is 1.52. The zero-order chi connectivity index (χ0) is 11.0. The number of ether oxygens (including phenoxy) is 2. The van der Waals surface area contributed by atoms with E-state index < -0.39 is 5.97 Å². The van der Waals surface area contributed by atoms with Gasteiger partial charge in [0.05, 0.1) is 0 Å². The minimum absolute atomic E-state index is 0.379. The first-order valence-corrected chi connectivity index (χ1v) is 4.85. The zero-order valence-corrected chi connectivity index (χ0v) is 8.79. The Morgan fingerprint density at radius 3 is 2.80 bits per heavy atom. The molecule has 0 aromatic heterocycles. The van der Waals surface area contributed by atoms with E-state index in [1.807, 2.05) is 6.07 Å². The third kappa shape index (κ3) is 1.73. The molecule has 0 fully saturated rings. The van der Waals surface area contributed by atoms with E-state index in [0.29, 0.717) is 17.1 Å². The van der Waals surface area contributed by atoms with Gasteiger partial charge in [0, 0.05) is 5.57 Å². The van der Waals surface area contributed by atoms with Crippen LogP contribution in [-0.2, 0) is 11.2 Å². The monoisotopic (exact) mass is 204 g/mol. The van der Waals surface area contributed by atoms with E-state index in [1.165, 1.54) is 0 Å². The van der Waals surface area contributed by atoms with Crippen molar-refractivity contribution in [2.45, 2.75) is 20.3 Å². The summed E-state index contributed by atoms with van der Waals surface area (Å²) in [6, 6.07) is 3.67. The van der Waals surface area contributed by atoms with Crippen LogP contribution in [0.4, 0.5) is 0 Å². The van der Waals surface area contributed by atoms with Crippen LogP contribution in [0, 0.1) is 0 Å². The minimum Gasteiger partial charge on any atom is -0.445 e. The Bertz CT molecular complexity index is 446. The summed E-state index contributed by atoms with van der Waals surface area (Å²) in [5, 5.41) is 0. The standard InChI is InChI=1S/C12H12O3/c1-4-8-5-6-9(11-10(8)15-11)14-12(13)7(2)3/h5-6H,2,4H2,1,3H3. The van der Waals surface area contributed by atoms with Crippen LogP contribution in [-0.4, -0.2) is 5.97 Å². The van der Waals surface area contributed by atoms with Gasteiger partial charge in [-0.25, -0.2) is 4.79 Å². The second-order valence-electron chi connectivity index (χ2n) is 3.51. The second-order valence-corrected chi connectivity index (χ2v) is 3.51. The van der Waals surface area contributed by atoms with Crippen molar-refractivity contribution in [1.82, 2.24) is 0 Å². The fourth-order valence-corrected chi connectivity index (χ4v) is 1.32. The molecule has 0 amide bonds. The number of carbonyl (C=O) groups excluding carboxylic acids is 1. The molecule has 0 atom stereocenters. The van der Waals surface area contributed by atoms with E-state index in [4.69, 9.17) is 9.47 Å². The molecule has 1 aromatic carbocycles. The zero-order valence-electron chi connectivity index (χ0n) is 8.79. The highest BCUT2D eigenvalue weighted by molar-refractivity contribution is 5.89. The summed E-state index contributed by atoms with van der Waals surface area (Å²) in [6.07, 6.45) is 0.914. The number of carbonyl (C=O) groups is 1. The van der Waals surface area contributed by atoms with Gasteiger partial charge in [0.25, 0.3) is 0 Å². The number of hydrogen-bond acceptors (Lipinski definition) is 3. The van der Waals surface area contributed by atoms with Gasteiger partial charge in [-0.3, -0.25) is 0 Å². The predicted octanol–water partition coefficient (Wildman–Crippen LogP) is 2.84. The summed E-state index contributed by atoms with van der Waals surface area (Å²) < 4.78 is 10.4. The molecule has 1 aliphatic rings. The van der Waals surface area contributed by atoms with E-state index in [-0.39, 0.29) is 0 Å². The molecule has 0 unspecified atom stereocenters. The van der Waals surface area contributed by atoms with Gasteiger partial charge in [-0.05, 0) is 25.0 Å². The van der Waals surface area contributed by atoms with Crippen LogP contribution in [0.1, 0.15) is 19.4 Å². The predicted molar refractivity (Wildman–Crippen MR) is 56.3 cm³/mol. The second kappa shape index (κ2) is 3.42. The van der Waals surface area contributed by atoms with Crippen LogP contribution < -0.4 is 9.47 Å². The lowest BCUT2D eigenvalue weighted by atomic mass is 10.2. The van der Waals surface area contributed by atoms with Crippen LogP contribution in [0.15, 0.2) is 24.3 Å². The summed E-state index contributed by atoms with van der Waals surface area (Å²) in [4.78, 5) is 11.3. The molecule has 0 saturated carbocycles. The number of aryl methyl sites for hydroxylation is 1. The Kier molecular flexibility index (Phi) is 2.23. The summed E-state index contributed by atoms with van der Waals surface area (Å²) >= 11 is 0. The lowest BCUT2D eigenvalue weighted by Gasteiger charge is -2.00. The first-order valence-electron chi connectivity index (χ1n) is 4.85. The first-order chi connectivity index (χ1) is 7.13. The van der Waals surface area contributed by atoms with Crippen molar-refractivity contribution >= 4 is 5.97 Å². The van der Waals surface area contributed by atoms with Gasteiger partial charge in [-0.2, -0.15) is 0 Å². The average Bonchev–Trinajstić information content (AvgIpc) is 2.97. The Morgan fingerprint density at radius 1 is 1.47 bits per heavy atom. The van der Waals surface area contributed by atoms with Gasteiger partial charge in [-0.1, -0.05) is 19.6 Å². The Balaban J connectivity index is 2.20. The number of rotatable bonds is 3. The smallest absolute Gasteiger partial charge is 0.338 e. The molecule has 1 aliphatic heterocycles. The van der Waals surface area contributed by atoms with Gasteiger partial charge >= 0.3 is 5.97 Å². The van der Waals surface area contributed by atoms with Crippen molar-refractivity contribution in [3.05, 3.63) is 29.8 Å². The van der Waals surface area contributed by atoms with Crippen molar-refractivity contribution in [2.75, 3.05) is 0 Å². The van der Waals surface area contributed by atoms with Crippen LogP contribution >= 0.6 is 0 Å². The van der Waals surface area contributed by atoms with Crippen molar-refractivity contribution in [1.29, 1.82) is 0 Å². The summed E-state index contributed by atoms with van der Waals surface area (Å²) in [6.45, 7) is 7.18. The Labute approximate surface area is 88.3 Å². The summed E-state index contributed by atoms with van der Waals surface area (Å²) in [7, 11) is 0. The molecule has 0 spiro atoms. The number of hydrogen-bond donors (Lipinski definition) is 0. The van der Waals surface area contributed by atoms with Crippen LogP contribution in [0.5, 0.6) is 17.2 Å². The molecule has 3 nitrogen and oxygen atoms in total. The normalized spacial score (nSPS) is 11.3. The molecule has 3 heteroatoms. The fraction of sp³-hybridized carbons (Fsp3) is 0.250. The molecule has 2 rings (SSSR count). The first kappa shape index (κ1) is 9.77. The van der Waals surface area contributed by atoms with E-state index in [1.54, 1.807) is 13.0 Å². The maximum atomic E-state index is 11.3. The Morgan fingerprint density at radius 2 is 2.20 bits per heavy atom. The van der Waals surface area contributed by atoms with Crippen LogP contribution in [0.3, 0.4) is 0 Å². The molecule has 0 radical (unpaired) electrons. The third-order valence-corrected chi connectivity index (χ3v) is 2.25. The Hall–Kier alpha value is -1.77. The highest BCUT2D eigenvalue weighted by atomic mass is 16.6. The van der Waals surface area contributed by atoms with Crippen LogP contribution in [0.2, 0.25) is 0 Å². The minimum atomic E-state index is -0.419. The van der Waals surface area contributed by atoms with E-state index in [9.17, 15) is 4.79 Å². The van der Waals surface area contributed by atoms with Gasteiger partial charge in [0.2, 0.25) is 5.75 Å². The number of esters is 1. The average molecular weight is 204 g/mol. The van der Waals surface area contributed by atoms with Gasteiger partial charge in [0.15, 0.2) is 11.5 Å². The van der Waals surface area contributed by atoms with Gasteiger partial charge in [0.1, 0.15) is 0 Å². The van der Waals surface area contributed by atoms with Crippen molar-refractivity contribution < 1.29 is 14.3 Å². The van der Waals surface area contributed by atoms with E-state index in [0.717, 1.165) is 17.7 Å². The molecule has 1 heterocycles. The maximum absolute atomic E-state index is 11.3. The lowest BCUT2D eigenvalue weighted by Crippen LogP contribution is -2.07. The van der Waals surface area contributed by atoms with Crippen molar-refractivity contribution in [3.63, 3.8) is 0 Å². The topological polar surface area (TPSA) is 38.8 Å².